The van der Waals surface area contributed by atoms with Crippen LogP contribution >= 0.6 is 0 Å². The van der Waals surface area contributed by atoms with Crippen molar-refractivity contribution in [3.05, 3.63) is 66.9 Å². The summed E-state index contributed by atoms with van der Waals surface area (Å²) >= 11 is 0. The third-order valence-corrected chi connectivity index (χ3v) is 3.82. The van der Waals surface area contributed by atoms with Crippen LogP contribution in [0.1, 0.15) is 13.8 Å². The second-order valence-corrected chi connectivity index (χ2v) is 5.27. The number of hydrogen-bond acceptors (Lipinski definition) is 5. The zero-order chi connectivity index (χ0) is 16.8. The fraction of sp³-hybridized carbons (Fsp3) is 0.211. The predicted molar refractivity (Wildman–Crippen MR) is 98.1 cm³/mol. The van der Waals surface area contributed by atoms with Crippen LogP contribution in [0.4, 0.5) is 23.1 Å². The van der Waals surface area contributed by atoms with E-state index in [4.69, 9.17) is 4.98 Å². The fourth-order valence-electron chi connectivity index (χ4n) is 2.66. The molecule has 0 aliphatic heterocycles. The van der Waals surface area contributed by atoms with Crippen LogP contribution in [0.3, 0.4) is 0 Å². The van der Waals surface area contributed by atoms with Gasteiger partial charge in [0.25, 0.3) is 5.95 Å². The molecule has 0 bridgehead atoms. The number of nitrogens with zero attached hydrogens (tertiary/aromatic N) is 5. The molecular formula is C19H21N5. The van der Waals surface area contributed by atoms with Crippen LogP contribution in [0.5, 0.6) is 0 Å². The Balaban J connectivity index is 1.96. The van der Waals surface area contributed by atoms with E-state index in [1.165, 1.54) is 0 Å². The summed E-state index contributed by atoms with van der Waals surface area (Å²) in [6, 6.07) is 20.3. The first-order valence-corrected chi connectivity index (χ1v) is 8.18. The smallest absolute Gasteiger partial charge is 0.251 e. The molecule has 0 N–H and O–H groups in total. The van der Waals surface area contributed by atoms with Gasteiger partial charge in [-0.05, 0) is 38.1 Å². The van der Waals surface area contributed by atoms with E-state index in [1.807, 2.05) is 48.5 Å². The molecule has 0 saturated heterocycles. The number of para-hydroxylation sites is 2. The second-order valence-electron chi connectivity index (χ2n) is 5.27. The summed E-state index contributed by atoms with van der Waals surface area (Å²) in [6.45, 7) is 5.76. The molecule has 122 valence electrons. The van der Waals surface area contributed by atoms with Gasteiger partial charge >= 0.3 is 0 Å². The molecule has 0 aliphatic rings. The molecule has 0 fully saturated rings. The zero-order valence-electron chi connectivity index (χ0n) is 14.0. The minimum Gasteiger partial charge on any atom is -0.325 e. The lowest BCUT2D eigenvalue weighted by molar-refractivity contribution is 0.864. The number of aromatic nitrogens is 3. The maximum atomic E-state index is 4.75. The summed E-state index contributed by atoms with van der Waals surface area (Å²) in [7, 11) is 0. The van der Waals surface area contributed by atoms with Crippen LogP contribution in [0.15, 0.2) is 66.9 Å². The van der Waals surface area contributed by atoms with Gasteiger partial charge in [-0.15, -0.1) is 5.10 Å². The minimum absolute atomic E-state index is 0.607. The quantitative estimate of drug-likeness (QED) is 0.682. The molecule has 0 atom stereocenters. The predicted octanol–water partition coefficient (Wildman–Crippen LogP) is 4.19. The van der Waals surface area contributed by atoms with Gasteiger partial charge < -0.3 is 9.80 Å². The lowest BCUT2D eigenvalue weighted by Crippen LogP contribution is -2.22. The highest BCUT2D eigenvalue weighted by Crippen LogP contribution is 2.26. The number of anilines is 4. The minimum atomic E-state index is 0.607. The van der Waals surface area contributed by atoms with Crippen LogP contribution in [-0.4, -0.2) is 28.3 Å². The first-order valence-electron chi connectivity index (χ1n) is 8.18. The van der Waals surface area contributed by atoms with Crippen molar-refractivity contribution in [3.63, 3.8) is 0 Å². The highest BCUT2D eigenvalue weighted by molar-refractivity contribution is 5.62. The molecule has 2 aromatic carbocycles. The maximum Gasteiger partial charge on any atom is 0.251 e. The number of rotatable bonds is 6. The van der Waals surface area contributed by atoms with Crippen LogP contribution in [-0.2, 0) is 0 Å². The van der Waals surface area contributed by atoms with Crippen LogP contribution in [0.2, 0.25) is 0 Å². The van der Waals surface area contributed by atoms with E-state index >= 15 is 0 Å². The van der Waals surface area contributed by atoms with E-state index in [1.54, 1.807) is 6.20 Å². The first kappa shape index (κ1) is 15.9. The van der Waals surface area contributed by atoms with E-state index in [2.05, 4.69) is 46.0 Å². The Morgan fingerprint density at radius 3 is 1.83 bits per heavy atom. The molecule has 0 aliphatic carbocycles. The Bertz CT molecular complexity index is 698. The summed E-state index contributed by atoms with van der Waals surface area (Å²) in [5.41, 5.74) is 2.15. The van der Waals surface area contributed by atoms with Gasteiger partial charge in [0.2, 0.25) is 0 Å². The maximum absolute atomic E-state index is 4.75. The van der Waals surface area contributed by atoms with Gasteiger partial charge in [-0.25, -0.2) is 0 Å². The molecule has 0 saturated carbocycles. The molecule has 0 unspecified atom stereocenters. The lowest BCUT2D eigenvalue weighted by atomic mass is 10.3. The van der Waals surface area contributed by atoms with E-state index in [-0.39, 0.29) is 0 Å². The molecule has 3 rings (SSSR count). The van der Waals surface area contributed by atoms with Crippen molar-refractivity contribution in [3.8, 4) is 0 Å². The van der Waals surface area contributed by atoms with Crippen LogP contribution in [0.25, 0.3) is 0 Å². The first-order chi connectivity index (χ1) is 11.8. The topological polar surface area (TPSA) is 45.2 Å². The van der Waals surface area contributed by atoms with E-state index < -0.39 is 0 Å². The molecule has 5 nitrogen and oxygen atoms in total. The average molecular weight is 319 g/mol. The normalized spacial score (nSPS) is 10.4. The third kappa shape index (κ3) is 3.35. The van der Waals surface area contributed by atoms with Crippen LogP contribution < -0.4 is 9.80 Å². The van der Waals surface area contributed by atoms with Crippen molar-refractivity contribution in [1.82, 2.24) is 15.2 Å². The van der Waals surface area contributed by atoms with Crippen molar-refractivity contribution in [1.29, 1.82) is 0 Å². The van der Waals surface area contributed by atoms with Gasteiger partial charge in [0.1, 0.15) is 0 Å². The van der Waals surface area contributed by atoms with Gasteiger partial charge in [-0.1, -0.05) is 36.4 Å². The SMILES string of the molecule is CCN(c1ccccc1)c1cnnc(N(CC)c2ccccc2)n1. The second kappa shape index (κ2) is 7.55. The number of hydrogen-bond donors (Lipinski definition) is 0. The van der Waals surface area contributed by atoms with Gasteiger partial charge in [-0.2, -0.15) is 10.1 Å². The summed E-state index contributed by atoms with van der Waals surface area (Å²) in [5.74, 6) is 1.40. The van der Waals surface area contributed by atoms with Crippen molar-refractivity contribution in [2.24, 2.45) is 0 Å². The Morgan fingerprint density at radius 2 is 1.29 bits per heavy atom. The Labute approximate surface area is 142 Å². The highest BCUT2D eigenvalue weighted by atomic mass is 15.3. The molecule has 0 spiro atoms. The van der Waals surface area contributed by atoms with E-state index in [0.717, 1.165) is 30.3 Å². The van der Waals surface area contributed by atoms with Crippen LogP contribution in [0, 0.1) is 0 Å². The third-order valence-electron chi connectivity index (χ3n) is 3.82. The monoisotopic (exact) mass is 319 g/mol. The van der Waals surface area contributed by atoms with Crippen molar-refractivity contribution < 1.29 is 0 Å². The Hall–Kier alpha value is -2.95. The Morgan fingerprint density at radius 1 is 0.750 bits per heavy atom. The molecule has 3 aromatic rings. The van der Waals surface area contributed by atoms with Crippen molar-refractivity contribution in [2.45, 2.75) is 13.8 Å². The van der Waals surface area contributed by atoms with Crippen molar-refractivity contribution in [2.75, 3.05) is 22.9 Å². The standard InChI is InChI=1S/C19H21N5/c1-3-23(16-11-7-5-8-12-16)18-15-20-22-19(21-18)24(4-2)17-13-9-6-10-14-17/h5-15H,3-4H2,1-2H3. The molecule has 1 heterocycles. The molecule has 0 amide bonds. The lowest BCUT2D eigenvalue weighted by Gasteiger charge is -2.24. The van der Waals surface area contributed by atoms with Gasteiger partial charge in [0.15, 0.2) is 5.82 Å². The van der Waals surface area contributed by atoms with E-state index in [0.29, 0.717) is 5.95 Å². The summed E-state index contributed by atoms with van der Waals surface area (Å²) in [6.07, 6.45) is 1.71. The molecular weight excluding hydrogens is 298 g/mol. The Kier molecular flexibility index (Phi) is 5.01. The zero-order valence-corrected chi connectivity index (χ0v) is 14.0. The summed E-state index contributed by atoms with van der Waals surface area (Å²) < 4.78 is 0. The van der Waals surface area contributed by atoms with Gasteiger partial charge in [0, 0.05) is 24.5 Å². The highest BCUT2D eigenvalue weighted by Gasteiger charge is 2.14. The van der Waals surface area contributed by atoms with Crippen molar-refractivity contribution >= 4 is 23.1 Å². The summed E-state index contributed by atoms with van der Waals surface area (Å²) in [5, 5.41) is 8.41. The van der Waals surface area contributed by atoms with Gasteiger partial charge in [0.05, 0.1) is 6.20 Å². The number of benzene rings is 2. The molecule has 24 heavy (non-hydrogen) atoms. The summed E-state index contributed by atoms with van der Waals surface area (Å²) in [4.78, 5) is 8.92. The average Bonchev–Trinajstić information content (AvgIpc) is 2.65. The largest absolute Gasteiger partial charge is 0.325 e. The molecule has 1 aromatic heterocycles. The van der Waals surface area contributed by atoms with E-state index in [9.17, 15) is 0 Å². The molecule has 0 radical (unpaired) electrons. The van der Waals surface area contributed by atoms with Gasteiger partial charge in [-0.3, -0.25) is 0 Å². The fourth-order valence-corrected chi connectivity index (χ4v) is 2.66. The molecule has 5 heteroatoms.